The molecular formula is C15H34N4O. The molecule has 0 saturated heterocycles. The van der Waals surface area contributed by atoms with Gasteiger partial charge in [-0.2, -0.15) is 0 Å². The van der Waals surface area contributed by atoms with Crippen molar-refractivity contribution in [1.29, 1.82) is 0 Å². The van der Waals surface area contributed by atoms with Crippen LogP contribution in [0.4, 0.5) is 0 Å². The fourth-order valence-corrected chi connectivity index (χ4v) is 2.23. The second-order valence-corrected chi connectivity index (χ2v) is 5.55. The summed E-state index contributed by atoms with van der Waals surface area (Å²) in [6.07, 6.45) is 2.11. The van der Waals surface area contributed by atoms with E-state index in [9.17, 15) is 0 Å². The van der Waals surface area contributed by atoms with Crippen LogP contribution in [0.3, 0.4) is 0 Å². The Morgan fingerprint density at radius 1 is 1.05 bits per heavy atom. The molecule has 0 spiro atoms. The van der Waals surface area contributed by atoms with Crippen LogP contribution in [0.1, 0.15) is 40.5 Å². The summed E-state index contributed by atoms with van der Waals surface area (Å²) in [5.41, 5.74) is 0. The topological polar surface area (TPSA) is 48.9 Å². The summed E-state index contributed by atoms with van der Waals surface area (Å²) in [4.78, 5) is 6.72. The second-order valence-electron chi connectivity index (χ2n) is 5.55. The maximum atomic E-state index is 5.02. The number of rotatable bonds is 10. The maximum Gasteiger partial charge on any atom is 0.190 e. The highest BCUT2D eigenvalue weighted by atomic mass is 16.5. The number of guanidine groups is 1. The van der Waals surface area contributed by atoms with Crippen molar-refractivity contribution >= 4 is 5.96 Å². The smallest absolute Gasteiger partial charge is 0.190 e. The normalized spacial score (nSPS) is 12.6. The zero-order valence-electron chi connectivity index (χ0n) is 14.2. The van der Waals surface area contributed by atoms with Crippen molar-refractivity contribution in [3.05, 3.63) is 0 Å². The monoisotopic (exact) mass is 286 g/mol. The van der Waals surface area contributed by atoms with E-state index in [0.29, 0.717) is 12.1 Å². The Labute approximate surface area is 125 Å². The molecule has 0 radical (unpaired) electrons. The summed E-state index contributed by atoms with van der Waals surface area (Å²) in [7, 11) is 3.53. The van der Waals surface area contributed by atoms with Crippen molar-refractivity contribution in [1.82, 2.24) is 15.5 Å². The molecule has 0 unspecified atom stereocenters. The van der Waals surface area contributed by atoms with Gasteiger partial charge in [0.1, 0.15) is 0 Å². The van der Waals surface area contributed by atoms with Gasteiger partial charge < -0.3 is 15.4 Å². The molecule has 0 fully saturated rings. The molecule has 0 bridgehead atoms. The third-order valence-corrected chi connectivity index (χ3v) is 3.25. The molecule has 0 saturated carbocycles. The average Bonchev–Trinajstić information content (AvgIpc) is 2.39. The van der Waals surface area contributed by atoms with Crippen molar-refractivity contribution in [2.24, 2.45) is 4.99 Å². The van der Waals surface area contributed by atoms with Gasteiger partial charge in [0.05, 0.1) is 0 Å². The van der Waals surface area contributed by atoms with Crippen LogP contribution in [-0.2, 0) is 4.74 Å². The van der Waals surface area contributed by atoms with E-state index < -0.39 is 0 Å². The van der Waals surface area contributed by atoms with Crippen molar-refractivity contribution in [3.63, 3.8) is 0 Å². The second kappa shape index (κ2) is 12.0. The van der Waals surface area contributed by atoms with Crippen LogP contribution in [0.5, 0.6) is 0 Å². The molecule has 2 N–H and O–H groups in total. The molecule has 0 rings (SSSR count). The van der Waals surface area contributed by atoms with Gasteiger partial charge in [0, 0.05) is 52.5 Å². The third-order valence-electron chi connectivity index (χ3n) is 3.25. The molecular weight excluding hydrogens is 252 g/mol. The molecule has 0 atom stereocenters. The molecule has 0 amide bonds. The van der Waals surface area contributed by atoms with Crippen molar-refractivity contribution in [2.45, 2.75) is 52.6 Å². The lowest BCUT2D eigenvalue weighted by molar-refractivity contribution is 0.173. The number of hydrogen-bond donors (Lipinski definition) is 2. The highest BCUT2D eigenvalue weighted by Crippen LogP contribution is 2.05. The average molecular weight is 286 g/mol. The lowest BCUT2D eigenvalue weighted by Gasteiger charge is -2.30. The highest BCUT2D eigenvalue weighted by Gasteiger charge is 2.12. The van der Waals surface area contributed by atoms with Gasteiger partial charge in [0.15, 0.2) is 5.96 Å². The van der Waals surface area contributed by atoms with E-state index in [1.807, 2.05) is 0 Å². The highest BCUT2D eigenvalue weighted by molar-refractivity contribution is 5.79. The largest absolute Gasteiger partial charge is 0.385 e. The van der Waals surface area contributed by atoms with E-state index in [0.717, 1.165) is 45.0 Å². The van der Waals surface area contributed by atoms with Crippen LogP contribution in [-0.4, -0.2) is 63.3 Å². The minimum absolute atomic E-state index is 0.599. The first-order valence-electron chi connectivity index (χ1n) is 7.72. The first-order valence-corrected chi connectivity index (χ1v) is 7.72. The summed E-state index contributed by atoms with van der Waals surface area (Å²) in [6, 6.07) is 1.20. The van der Waals surface area contributed by atoms with Gasteiger partial charge in [-0.3, -0.25) is 9.89 Å². The molecule has 0 aromatic heterocycles. The van der Waals surface area contributed by atoms with E-state index in [2.05, 4.69) is 48.2 Å². The Morgan fingerprint density at radius 2 is 1.60 bits per heavy atom. The van der Waals surface area contributed by atoms with Crippen molar-refractivity contribution < 1.29 is 4.74 Å². The predicted molar refractivity (Wildman–Crippen MR) is 87.5 cm³/mol. The van der Waals surface area contributed by atoms with Crippen LogP contribution < -0.4 is 10.6 Å². The fourth-order valence-electron chi connectivity index (χ4n) is 2.23. The third kappa shape index (κ3) is 9.15. The fraction of sp³-hybridized carbons (Fsp3) is 0.933. The maximum absolute atomic E-state index is 5.02. The number of hydrogen-bond acceptors (Lipinski definition) is 3. The van der Waals surface area contributed by atoms with E-state index in [4.69, 9.17) is 4.74 Å². The van der Waals surface area contributed by atoms with Crippen LogP contribution in [0, 0.1) is 0 Å². The Kier molecular flexibility index (Phi) is 11.5. The van der Waals surface area contributed by atoms with Crippen LogP contribution in [0.15, 0.2) is 4.99 Å². The standard InChI is InChI=1S/C15H34N4O/c1-13(2)19(14(3)4)11-7-9-17-15(16-5)18-10-8-12-20-6/h13-14H,7-12H2,1-6H3,(H2,16,17,18). The summed E-state index contributed by atoms with van der Waals surface area (Å²) in [6.45, 7) is 12.7. The molecule has 0 heterocycles. The molecule has 0 aliphatic carbocycles. The molecule has 20 heavy (non-hydrogen) atoms. The van der Waals surface area contributed by atoms with E-state index in [1.54, 1.807) is 14.2 Å². The Bertz CT molecular complexity index is 246. The number of methoxy groups -OCH3 is 1. The minimum Gasteiger partial charge on any atom is -0.385 e. The summed E-state index contributed by atoms with van der Waals surface area (Å²) < 4.78 is 5.02. The van der Waals surface area contributed by atoms with Crippen LogP contribution >= 0.6 is 0 Å². The minimum atomic E-state index is 0.599. The summed E-state index contributed by atoms with van der Waals surface area (Å²) in [5, 5.41) is 6.63. The van der Waals surface area contributed by atoms with Gasteiger partial charge in [0.25, 0.3) is 0 Å². The van der Waals surface area contributed by atoms with Crippen LogP contribution in [0.2, 0.25) is 0 Å². The van der Waals surface area contributed by atoms with Gasteiger partial charge in [-0.05, 0) is 40.5 Å². The Hall–Kier alpha value is -0.810. The van der Waals surface area contributed by atoms with Gasteiger partial charge in [-0.1, -0.05) is 0 Å². The molecule has 5 nitrogen and oxygen atoms in total. The quantitative estimate of drug-likeness (QED) is 0.364. The van der Waals surface area contributed by atoms with Gasteiger partial charge in [-0.25, -0.2) is 0 Å². The van der Waals surface area contributed by atoms with E-state index in [-0.39, 0.29) is 0 Å². The zero-order chi connectivity index (χ0) is 15.4. The first kappa shape index (κ1) is 19.2. The number of aliphatic imine (C=N–C) groups is 1. The number of nitrogens with one attached hydrogen (secondary N) is 2. The molecule has 0 aliphatic heterocycles. The zero-order valence-corrected chi connectivity index (χ0v) is 14.2. The predicted octanol–water partition coefficient (Wildman–Crippen LogP) is 1.70. The number of nitrogens with zero attached hydrogens (tertiary/aromatic N) is 2. The van der Waals surface area contributed by atoms with E-state index >= 15 is 0 Å². The lowest BCUT2D eigenvalue weighted by atomic mass is 10.2. The van der Waals surface area contributed by atoms with Gasteiger partial charge in [-0.15, -0.1) is 0 Å². The van der Waals surface area contributed by atoms with Crippen LogP contribution in [0.25, 0.3) is 0 Å². The SMILES string of the molecule is CN=C(NCCCOC)NCCCN(C(C)C)C(C)C. The first-order chi connectivity index (χ1) is 9.52. The molecule has 0 aliphatic rings. The Balaban J connectivity index is 3.79. The molecule has 0 aromatic rings. The summed E-state index contributed by atoms with van der Waals surface area (Å²) in [5.74, 6) is 0.877. The van der Waals surface area contributed by atoms with Crippen molar-refractivity contribution in [3.8, 4) is 0 Å². The molecule has 0 aromatic carbocycles. The van der Waals surface area contributed by atoms with Gasteiger partial charge >= 0.3 is 0 Å². The van der Waals surface area contributed by atoms with Gasteiger partial charge in [0.2, 0.25) is 0 Å². The number of ether oxygens (including phenoxy) is 1. The van der Waals surface area contributed by atoms with Crippen molar-refractivity contribution in [2.75, 3.05) is 40.4 Å². The Morgan fingerprint density at radius 3 is 2.05 bits per heavy atom. The molecule has 120 valence electrons. The molecule has 5 heteroatoms. The summed E-state index contributed by atoms with van der Waals surface area (Å²) >= 11 is 0. The lowest BCUT2D eigenvalue weighted by Crippen LogP contribution is -2.41. The van der Waals surface area contributed by atoms with E-state index in [1.165, 1.54) is 0 Å².